The monoisotopic (exact) mass is 926 g/mol. The van der Waals surface area contributed by atoms with Gasteiger partial charge in [-0.05, 0) is 174 Å². The molecule has 386 valence electrons. The Labute approximate surface area is 420 Å². The highest BCUT2D eigenvalue weighted by Gasteiger charge is 2.34. The predicted octanol–water partition coefficient (Wildman–Crippen LogP) is 20.1. The molecule has 67 heavy (non-hydrogen) atoms. The molecule has 0 aromatic heterocycles. The maximum atomic E-state index is 10.4. The number of hydrogen-bond acceptors (Lipinski definition) is 2. The maximum Gasteiger partial charge on any atom is 0.0568 e. The topological polar surface area (TPSA) is 23.5 Å². The summed E-state index contributed by atoms with van der Waals surface area (Å²) in [6, 6.07) is 0.620. The number of nitrogens with zero attached hydrogens (tertiary/aromatic N) is 1. The average Bonchev–Trinajstić information content (AvgIpc) is 3.31. The van der Waals surface area contributed by atoms with Crippen LogP contribution in [0, 0.1) is 64.6 Å². The lowest BCUT2D eigenvalue weighted by Gasteiger charge is -2.42. The molecule has 0 radical (unpaired) electrons. The van der Waals surface area contributed by atoms with Gasteiger partial charge < -0.3 is 10.0 Å². The normalized spacial score (nSPS) is 23.1. The van der Waals surface area contributed by atoms with E-state index in [1.54, 1.807) is 0 Å². The van der Waals surface area contributed by atoms with E-state index in [1.165, 1.54) is 91.3 Å². The van der Waals surface area contributed by atoms with E-state index < -0.39 is 0 Å². The van der Waals surface area contributed by atoms with Crippen molar-refractivity contribution in [1.82, 2.24) is 4.90 Å². The number of aliphatic hydroxyl groups excluding tert-OH is 1. The lowest BCUT2D eigenvalue weighted by Crippen LogP contribution is -2.39. The van der Waals surface area contributed by atoms with Crippen LogP contribution in [-0.4, -0.2) is 28.7 Å². The van der Waals surface area contributed by atoms with Crippen molar-refractivity contribution in [2.24, 2.45) is 64.6 Å². The molecule has 1 heterocycles. The molecule has 2 heteroatoms. The number of rotatable bonds is 28. The summed E-state index contributed by atoms with van der Waals surface area (Å²) in [5, 5.41) is 10.4. The second kappa shape index (κ2) is 34.7. The van der Waals surface area contributed by atoms with Gasteiger partial charge in [-0.2, -0.15) is 0 Å². The van der Waals surface area contributed by atoms with Crippen LogP contribution in [-0.2, 0) is 0 Å². The van der Waals surface area contributed by atoms with Crippen LogP contribution in [0.15, 0.2) is 109 Å². The molecular formula is C65H115NO. The zero-order valence-electron chi connectivity index (χ0n) is 47.9. The van der Waals surface area contributed by atoms with Gasteiger partial charge >= 0.3 is 0 Å². The Balaban J connectivity index is 0.00000164. The first kappa shape index (κ1) is 64.4. The number of piperidine rings is 1. The Bertz CT molecular complexity index is 1550. The molecule has 11 unspecified atom stereocenters. The molecule has 1 aliphatic heterocycles. The van der Waals surface area contributed by atoms with Gasteiger partial charge in [-0.15, -0.1) is 6.58 Å². The molecule has 1 saturated heterocycles. The van der Waals surface area contributed by atoms with E-state index in [9.17, 15) is 5.11 Å². The molecule has 0 aromatic carbocycles. The fourth-order valence-electron chi connectivity index (χ4n) is 10.9. The molecule has 2 rings (SSSR count). The lowest BCUT2D eigenvalue weighted by atomic mass is 9.71. The molecule has 1 N–H and O–H groups in total. The third-order valence-corrected chi connectivity index (χ3v) is 16.9. The van der Waals surface area contributed by atoms with Crippen molar-refractivity contribution in [3.8, 4) is 0 Å². The van der Waals surface area contributed by atoms with E-state index in [0.717, 1.165) is 57.4 Å². The third kappa shape index (κ3) is 22.8. The molecule has 0 bridgehead atoms. The number of allylic oxidation sites excluding steroid dienone is 12. The standard InChI is InChI=1S/C44H74O.C19H35N.C2H6/c1-14-21-42(37(11)28-40-24-25-44(45)41(16-3)30-40)29-34(8)33(7)27-36(10)39(13)43(17-4)38(12)35(9)26-32(6)23-20-18-19-22-31(5)15-2;1-8-9-12-15(2)19(6,7)17(4)18(5)20-14-11-10-13-16(20)3;1-2/h14,18-20,22-23,27,32-33,35,37,39-45H,1,8,12,15-17,21,24-26,28-30H2,2-7,9-11,13H3;15-16H,4-5,8-14H2,1-3,6-7H3;1-2H3/b19-18+,23-20+,31-22+,36-27+;;/t32?,33-,35?,37?,39?,40?,41?,42?,43?,44?;;/m1../s1. The molecule has 2 nitrogen and oxygen atoms in total. The van der Waals surface area contributed by atoms with Crippen molar-refractivity contribution in [2.75, 3.05) is 6.54 Å². The molecule has 0 spiro atoms. The quantitative estimate of drug-likeness (QED) is 0.0624. The van der Waals surface area contributed by atoms with E-state index in [0.29, 0.717) is 59.3 Å². The number of unbranched alkanes of at least 4 members (excludes halogenated alkanes) is 1. The Kier molecular flexibility index (Phi) is 33.3. The Morgan fingerprint density at radius 3 is 2.10 bits per heavy atom. The Hall–Kier alpha value is -2.58. The fraction of sp³-hybridized carbons (Fsp3) is 0.723. The zero-order valence-corrected chi connectivity index (χ0v) is 47.9. The molecule has 0 aromatic rings. The van der Waals surface area contributed by atoms with E-state index >= 15 is 0 Å². The highest BCUT2D eigenvalue weighted by atomic mass is 16.3. The first-order valence-electron chi connectivity index (χ1n) is 28.1. The Morgan fingerprint density at radius 1 is 0.881 bits per heavy atom. The molecule has 0 amide bonds. The van der Waals surface area contributed by atoms with Gasteiger partial charge in [0.2, 0.25) is 0 Å². The first-order valence-corrected chi connectivity index (χ1v) is 28.1. The summed E-state index contributed by atoms with van der Waals surface area (Å²) in [6.45, 7) is 62.1. The highest BCUT2D eigenvalue weighted by Crippen LogP contribution is 2.43. The van der Waals surface area contributed by atoms with Gasteiger partial charge in [-0.25, -0.2) is 0 Å². The van der Waals surface area contributed by atoms with Gasteiger partial charge in [0.05, 0.1) is 6.10 Å². The SMILES string of the molecule is C=C(C(=C)C(C)(C)C(C)CCCC)N1CCCCC1C.C=CCC(CC(=C)[C@H](C)/C=C(\C)C(C)C(CC)C(=C)C(C)CC(C)/C=C/C=C/C=C(\C)CC)C(C)CC1CCC(O)C(CC)C1.CC. The van der Waals surface area contributed by atoms with E-state index in [2.05, 4.69) is 184 Å². The van der Waals surface area contributed by atoms with Crippen molar-refractivity contribution in [3.63, 3.8) is 0 Å². The molecule has 2 aliphatic rings. The summed E-state index contributed by atoms with van der Waals surface area (Å²) in [4.78, 5) is 2.49. The van der Waals surface area contributed by atoms with Crippen LogP contribution < -0.4 is 0 Å². The minimum atomic E-state index is -0.0907. The van der Waals surface area contributed by atoms with E-state index in [4.69, 9.17) is 0 Å². The second-order valence-electron chi connectivity index (χ2n) is 22.3. The summed E-state index contributed by atoms with van der Waals surface area (Å²) < 4.78 is 0. The van der Waals surface area contributed by atoms with Crippen LogP contribution in [0.5, 0.6) is 0 Å². The van der Waals surface area contributed by atoms with Crippen molar-refractivity contribution in [3.05, 3.63) is 109 Å². The minimum Gasteiger partial charge on any atom is -0.393 e. The first-order chi connectivity index (χ1) is 31.6. The number of hydrogen-bond donors (Lipinski definition) is 1. The fourth-order valence-corrected chi connectivity index (χ4v) is 10.9. The minimum absolute atomic E-state index is 0.0907. The van der Waals surface area contributed by atoms with Crippen molar-refractivity contribution in [2.45, 2.75) is 233 Å². The lowest BCUT2D eigenvalue weighted by molar-refractivity contribution is 0.0389. The molecule has 2 fully saturated rings. The molecule has 1 saturated carbocycles. The smallest absolute Gasteiger partial charge is 0.0568 e. The summed E-state index contributed by atoms with van der Waals surface area (Å²) in [5.41, 5.74) is 8.20. The zero-order chi connectivity index (χ0) is 51.4. The van der Waals surface area contributed by atoms with Crippen LogP contribution in [0.1, 0.15) is 220 Å². The second-order valence-corrected chi connectivity index (χ2v) is 22.3. The van der Waals surface area contributed by atoms with E-state index in [-0.39, 0.29) is 11.5 Å². The largest absolute Gasteiger partial charge is 0.393 e. The van der Waals surface area contributed by atoms with Crippen molar-refractivity contribution < 1.29 is 5.11 Å². The van der Waals surface area contributed by atoms with Gasteiger partial charge in [-0.1, -0.05) is 207 Å². The summed E-state index contributed by atoms with van der Waals surface area (Å²) >= 11 is 0. The van der Waals surface area contributed by atoms with Gasteiger partial charge in [-0.3, -0.25) is 0 Å². The van der Waals surface area contributed by atoms with Crippen LogP contribution >= 0.6 is 0 Å². The van der Waals surface area contributed by atoms with Crippen LogP contribution in [0.2, 0.25) is 0 Å². The van der Waals surface area contributed by atoms with Gasteiger partial charge in [0.25, 0.3) is 0 Å². The van der Waals surface area contributed by atoms with Gasteiger partial charge in [0.1, 0.15) is 0 Å². The summed E-state index contributed by atoms with van der Waals surface area (Å²) in [5.74, 6) is 5.44. The van der Waals surface area contributed by atoms with Crippen LogP contribution in [0.25, 0.3) is 0 Å². The molecule has 12 atom stereocenters. The van der Waals surface area contributed by atoms with Crippen LogP contribution in [0.4, 0.5) is 0 Å². The number of aliphatic hydroxyl groups is 1. The van der Waals surface area contributed by atoms with Crippen molar-refractivity contribution >= 4 is 0 Å². The molecule has 1 aliphatic carbocycles. The average molecular weight is 927 g/mol. The van der Waals surface area contributed by atoms with Crippen LogP contribution in [0.3, 0.4) is 0 Å². The van der Waals surface area contributed by atoms with Gasteiger partial charge in [0.15, 0.2) is 0 Å². The predicted molar refractivity (Wildman–Crippen MR) is 305 cm³/mol. The van der Waals surface area contributed by atoms with Gasteiger partial charge in [0, 0.05) is 18.3 Å². The van der Waals surface area contributed by atoms with Crippen molar-refractivity contribution in [1.29, 1.82) is 0 Å². The Morgan fingerprint density at radius 2 is 1.54 bits per heavy atom. The third-order valence-electron chi connectivity index (χ3n) is 16.9. The van der Waals surface area contributed by atoms with E-state index in [1.807, 2.05) is 13.8 Å². The maximum absolute atomic E-state index is 10.4. The number of likely N-dealkylation sites (tertiary alicyclic amines) is 1. The molecular weight excluding hydrogens is 811 g/mol. The highest BCUT2D eigenvalue weighted by molar-refractivity contribution is 5.31. The summed E-state index contributed by atoms with van der Waals surface area (Å²) in [7, 11) is 0. The summed E-state index contributed by atoms with van der Waals surface area (Å²) in [6.07, 6.45) is 34.5.